The molecule has 3 rings (SSSR count). The molecule has 0 spiro atoms. The van der Waals surface area contributed by atoms with Gasteiger partial charge in [-0.25, -0.2) is 4.98 Å². The zero-order valence-electron chi connectivity index (χ0n) is 13.8. The monoisotopic (exact) mass is 337 g/mol. The second-order valence-electron chi connectivity index (χ2n) is 6.89. The molecule has 0 bridgehead atoms. The Morgan fingerprint density at radius 2 is 2.09 bits per heavy atom. The number of hydrogen-bond donors (Lipinski definition) is 2. The van der Waals surface area contributed by atoms with E-state index in [0.717, 1.165) is 49.6 Å². The first kappa shape index (κ1) is 16.7. The van der Waals surface area contributed by atoms with Gasteiger partial charge in [-0.1, -0.05) is 12.8 Å². The summed E-state index contributed by atoms with van der Waals surface area (Å²) in [5, 5.41) is 16.3. The van der Waals surface area contributed by atoms with Crippen LogP contribution in [0.5, 0.6) is 0 Å². The van der Waals surface area contributed by atoms with E-state index in [9.17, 15) is 9.90 Å². The van der Waals surface area contributed by atoms with Gasteiger partial charge in [-0.05, 0) is 38.5 Å². The van der Waals surface area contributed by atoms with Gasteiger partial charge in [0.2, 0.25) is 5.91 Å². The minimum atomic E-state index is -0.375. The zero-order valence-corrected chi connectivity index (χ0v) is 14.6. The Labute approximate surface area is 142 Å². The van der Waals surface area contributed by atoms with Crippen LogP contribution in [0.15, 0.2) is 5.38 Å². The van der Waals surface area contributed by atoms with Crippen molar-refractivity contribution in [3.8, 4) is 0 Å². The molecule has 1 unspecified atom stereocenters. The maximum Gasteiger partial charge on any atom is 0.223 e. The van der Waals surface area contributed by atoms with E-state index in [4.69, 9.17) is 0 Å². The number of carbonyl (C=O) groups excluding carboxylic acids is 1. The molecular formula is C17H27N3O2S. The van der Waals surface area contributed by atoms with Gasteiger partial charge in [0.05, 0.1) is 11.8 Å². The first-order chi connectivity index (χ1) is 11.1. The number of amides is 1. The summed E-state index contributed by atoms with van der Waals surface area (Å²) >= 11 is 1.68. The van der Waals surface area contributed by atoms with Crippen molar-refractivity contribution in [2.75, 3.05) is 24.5 Å². The molecule has 2 heterocycles. The predicted octanol–water partition coefficient (Wildman–Crippen LogP) is 2.34. The standard InChI is InChI=1S/C17H27N3O2S/c1-12-11-23-17(19-12)20-8-6-14(7-9-20)16(22)18-10-15(21)13-4-2-3-5-13/h11,13-15,21H,2-10H2,1H3,(H,18,22). The average Bonchev–Trinajstić information content (AvgIpc) is 3.24. The van der Waals surface area contributed by atoms with Crippen LogP contribution in [0.1, 0.15) is 44.2 Å². The summed E-state index contributed by atoms with van der Waals surface area (Å²) in [4.78, 5) is 19.1. The van der Waals surface area contributed by atoms with Crippen molar-refractivity contribution in [1.29, 1.82) is 0 Å². The molecule has 1 saturated heterocycles. The van der Waals surface area contributed by atoms with Gasteiger partial charge in [0.1, 0.15) is 0 Å². The van der Waals surface area contributed by atoms with Crippen LogP contribution in [0.4, 0.5) is 5.13 Å². The average molecular weight is 337 g/mol. The van der Waals surface area contributed by atoms with Gasteiger partial charge in [-0.15, -0.1) is 11.3 Å². The highest BCUT2D eigenvalue weighted by Gasteiger charge is 2.28. The number of piperidine rings is 1. The summed E-state index contributed by atoms with van der Waals surface area (Å²) in [5.41, 5.74) is 1.06. The van der Waals surface area contributed by atoms with Crippen molar-refractivity contribution in [2.45, 2.75) is 51.6 Å². The topological polar surface area (TPSA) is 65.5 Å². The highest BCUT2D eigenvalue weighted by Crippen LogP contribution is 2.28. The largest absolute Gasteiger partial charge is 0.391 e. The highest BCUT2D eigenvalue weighted by atomic mass is 32.1. The summed E-state index contributed by atoms with van der Waals surface area (Å²) in [5.74, 6) is 0.561. The molecule has 1 aliphatic heterocycles. The number of anilines is 1. The van der Waals surface area contributed by atoms with Gasteiger partial charge in [-0.3, -0.25) is 4.79 Å². The summed E-state index contributed by atoms with van der Waals surface area (Å²) in [6.07, 6.45) is 5.98. The molecule has 1 atom stereocenters. The van der Waals surface area contributed by atoms with Gasteiger partial charge in [0.25, 0.3) is 0 Å². The molecule has 0 radical (unpaired) electrons. The lowest BCUT2D eigenvalue weighted by Crippen LogP contribution is -2.43. The van der Waals surface area contributed by atoms with Crippen molar-refractivity contribution < 1.29 is 9.90 Å². The van der Waals surface area contributed by atoms with Crippen LogP contribution in [0.25, 0.3) is 0 Å². The number of aryl methyl sites for hydroxylation is 1. The molecule has 23 heavy (non-hydrogen) atoms. The van der Waals surface area contributed by atoms with E-state index >= 15 is 0 Å². The van der Waals surface area contributed by atoms with E-state index in [1.807, 2.05) is 6.92 Å². The highest BCUT2D eigenvalue weighted by molar-refractivity contribution is 7.13. The summed E-state index contributed by atoms with van der Waals surface area (Å²) < 4.78 is 0. The molecule has 5 nitrogen and oxygen atoms in total. The van der Waals surface area contributed by atoms with Crippen LogP contribution in [0.3, 0.4) is 0 Å². The third-order valence-corrected chi connectivity index (χ3v) is 6.19. The smallest absolute Gasteiger partial charge is 0.223 e. The molecule has 1 aliphatic carbocycles. The minimum absolute atomic E-state index is 0.0723. The quantitative estimate of drug-likeness (QED) is 0.865. The summed E-state index contributed by atoms with van der Waals surface area (Å²) in [6.45, 7) is 4.19. The van der Waals surface area contributed by atoms with E-state index in [1.54, 1.807) is 11.3 Å². The SMILES string of the molecule is Cc1csc(N2CCC(C(=O)NCC(O)C3CCCC3)CC2)n1. The Bertz CT molecular complexity index is 520. The number of nitrogens with zero attached hydrogens (tertiary/aromatic N) is 2. The maximum atomic E-state index is 12.3. The second kappa shape index (κ2) is 7.62. The molecule has 1 aromatic rings. The second-order valence-corrected chi connectivity index (χ2v) is 7.73. The molecule has 2 aliphatic rings. The third-order valence-electron chi connectivity index (χ3n) is 5.17. The number of aliphatic hydroxyl groups excluding tert-OH is 1. The fourth-order valence-electron chi connectivity index (χ4n) is 3.68. The molecule has 6 heteroatoms. The van der Waals surface area contributed by atoms with Crippen LogP contribution in [-0.2, 0) is 4.79 Å². The normalized spacial score (nSPS) is 21.6. The number of aromatic nitrogens is 1. The minimum Gasteiger partial charge on any atom is -0.391 e. The van der Waals surface area contributed by atoms with Gasteiger partial charge in [-0.2, -0.15) is 0 Å². The van der Waals surface area contributed by atoms with E-state index < -0.39 is 0 Å². The zero-order chi connectivity index (χ0) is 16.2. The van der Waals surface area contributed by atoms with Crippen LogP contribution >= 0.6 is 11.3 Å². The van der Waals surface area contributed by atoms with Crippen molar-refractivity contribution in [2.24, 2.45) is 11.8 Å². The predicted molar refractivity (Wildman–Crippen MR) is 92.8 cm³/mol. The number of carbonyl (C=O) groups is 1. The first-order valence-corrected chi connectivity index (χ1v) is 9.64. The van der Waals surface area contributed by atoms with E-state index in [-0.39, 0.29) is 17.9 Å². The number of aliphatic hydroxyl groups is 1. The van der Waals surface area contributed by atoms with Crippen LogP contribution in [0.2, 0.25) is 0 Å². The number of rotatable bonds is 5. The molecule has 1 saturated carbocycles. The van der Waals surface area contributed by atoms with Crippen LogP contribution < -0.4 is 10.2 Å². The molecule has 128 valence electrons. The van der Waals surface area contributed by atoms with Crippen molar-refractivity contribution >= 4 is 22.4 Å². The van der Waals surface area contributed by atoms with Gasteiger partial charge in [0, 0.05) is 30.9 Å². The molecule has 2 fully saturated rings. The number of nitrogens with one attached hydrogen (secondary N) is 1. The molecular weight excluding hydrogens is 310 g/mol. The fourth-order valence-corrected chi connectivity index (χ4v) is 4.54. The molecule has 2 N–H and O–H groups in total. The Morgan fingerprint density at radius 1 is 1.39 bits per heavy atom. The van der Waals surface area contributed by atoms with Crippen molar-refractivity contribution in [3.05, 3.63) is 11.1 Å². The lowest BCUT2D eigenvalue weighted by atomic mass is 9.95. The molecule has 1 amide bonds. The lowest BCUT2D eigenvalue weighted by molar-refractivity contribution is -0.126. The van der Waals surface area contributed by atoms with Crippen molar-refractivity contribution in [3.63, 3.8) is 0 Å². The first-order valence-electron chi connectivity index (χ1n) is 8.76. The van der Waals surface area contributed by atoms with Gasteiger partial charge >= 0.3 is 0 Å². The van der Waals surface area contributed by atoms with E-state index in [0.29, 0.717) is 12.5 Å². The third kappa shape index (κ3) is 4.23. The Kier molecular flexibility index (Phi) is 5.54. The summed E-state index contributed by atoms with van der Waals surface area (Å²) in [7, 11) is 0. The number of thiazole rings is 1. The lowest BCUT2D eigenvalue weighted by Gasteiger charge is -2.31. The van der Waals surface area contributed by atoms with E-state index in [2.05, 4.69) is 20.6 Å². The van der Waals surface area contributed by atoms with Gasteiger partial charge < -0.3 is 15.3 Å². The number of hydrogen-bond acceptors (Lipinski definition) is 5. The Balaban J connectivity index is 1.41. The van der Waals surface area contributed by atoms with Crippen molar-refractivity contribution in [1.82, 2.24) is 10.3 Å². The van der Waals surface area contributed by atoms with Crippen LogP contribution in [0, 0.1) is 18.8 Å². The summed E-state index contributed by atoms with van der Waals surface area (Å²) in [6, 6.07) is 0. The van der Waals surface area contributed by atoms with Crippen LogP contribution in [-0.4, -0.2) is 41.7 Å². The fraction of sp³-hybridized carbons (Fsp3) is 0.765. The van der Waals surface area contributed by atoms with Gasteiger partial charge in [0.15, 0.2) is 5.13 Å². The van der Waals surface area contributed by atoms with E-state index in [1.165, 1.54) is 12.8 Å². The molecule has 0 aromatic carbocycles. The maximum absolute atomic E-state index is 12.3. The Hall–Kier alpha value is -1.14. The molecule has 1 aromatic heterocycles. The Morgan fingerprint density at radius 3 is 2.70 bits per heavy atom.